The van der Waals surface area contributed by atoms with Gasteiger partial charge in [0.25, 0.3) is 0 Å². The van der Waals surface area contributed by atoms with Crippen LogP contribution in [0.4, 0.5) is 5.69 Å². The van der Waals surface area contributed by atoms with Crippen molar-refractivity contribution < 1.29 is 14.3 Å². The average molecular weight is 274 g/mol. The molecule has 0 fully saturated rings. The lowest BCUT2D eigenvalue weighted by atomic mass is 10.1. The molecule has 0 heterocycles. The summed E-state index contributed by atoms with van der Waals surface area (Å²) in [4.78, 5) is 11.4. The van der Waals surface area contributed by atoms with Crippen molar-refractivity contribution in [2.24, 2.45) is 0 Å². The first-order chi connectivity index (χ1) is 7.10. The molecule has 1 rings (SSSR count). The third kappa shape index (κ3) is 2.62. The van der Waals surface area contributed by atoms with Gasteiger partial charge in [0.1, 0.15) is 11.3 Å². The van der Waals surface area contributed by atoms with Gasteiger partial charge in [-0.2, -0.15) is 0 Å². The van der Waals surface area contributed by atoms with Crippen molar-refractivity contribution in [3.63, 3.8) is 0 Å². The molecular formula is C10H12BrNO3. The molecule has 0 aromatic heterocycles. The Labute approximate surface area is 96.5 Å². The van der Waals surface area contributed by atoms with E-state index < -0.39 is 5.97 Å². The van der Waals surface area contributed by atoms with E-state index in [4.69, 9.17) is 10.5 Å². The SMILES string of the molecule is CCOc1cc(Br)cc(N)c1C(=O)OC. The summed E-state index contributed by atoms with van der Waals surface area (Å²) in [5.41, 5.74) is 6.32. The Bertz CT molecular complexity index is 379. The van der Waals surface area contributed by atoms with Crippen LogP contribution in [0.2, 0.25) is 0 Å². The molecule has 4 nitrogen and oxygen atoms in total. The van der Waals surface area contributed by atoms with E-state index >= 15 is 0 Å². The zero-order chi connectivity index (χ0) is 11.4. The second-order valence-electron chi connectivity index (χ2n) is 2.79. The zero-order valence-corrected chi connectivity index (χ0v) is 10.1. The van der Waals surface area contributed by atoms with Crippen molar-refractivity contribution in [3.8, 4) is 5.75 Å². The Morgan fingerprint density at radius 2 is 2.20 bits per heavy atom. The fourth-order valence-corrected chi connectivity index (χ4v) is 1.65. The predicted octanol–water partition coefficient (Wildman–Crippen LogP) is 2.22. The van der Waals surface area contributed by atoms with E-state index in [1.54, 1.807) is 12.1 Å². The molecule has 2 N–H and O–H groups in total. The van der Waals surface area contributed by atoms with Crippen LogP contribution in [0.5, 0.6) is 5.75 Å². The summed E-state index contributed by atoms with van der Waals surface area (Å²) >= 11 is 3.28. The number of nitrogens with two attached hydrogens (primary N) is 1. The van der Waals surface area contributed by atoms with E-state index in [2.05, 4.69) is 20.7 Å². The van der Waals surface area contributed by atoms with Crippen LogP contribution in [0, 0.1) is 0 Å². The molecule has 0 spiro atoms. The Balaban J connectivity index is 3.26. The summed E-state index contributed by atoms with van der Waals surface area (Å²) in [6, 6.07) is 3.32. The molecule has 0 aliphatic heterocycles. The van der Waals surface area contributed by atoms with Gasteiger partial charge in [-0.15, -0.1) is 0 Å². The largest absolute Gasteiger partial charge is 0.493 e. The topological polar surface area (TPSA) is 61.5 Å². The normalized spacial score (nSPS) is 9.80. The van der Waals surface area contributed by atoms with Gasteiger partial charge in [0.05, 0.1) is 19.4 Å². The van der Waals surface area contributed by atoms with Crippen LogP contribution in [0.15, 0.2) is 16.6 Å². The number of nitrogen functional groups attached to an aromatic ring is 1. The third-order valence-electron chi connectivity index (χ3n) is 1.79. The number of rotatable bonds is 3. The lowest BCUT2D eigenvalue weighted by Gasteiger charge is -2.11. The van der Waals surface area contributed by atoms with Gasteiger partial charge in [-0.1, -0.05) is 15.9 Å². The average Bonchev–Trinajstić information content (AvgIpc) is 2.16. The first kappa shape index (κ1) is 11.8. The standard InChI is InChI=1S/C10H12BrNO3/c1-3-15-8-5-6(11)4-7(12)9(8)10(13)14-2/h4-5H,3,12H2,1-2H3. The number of hydrogen-bond donors (Lipinski definition) is 1. The second kappa shape index (κ2) is 5.02. The number of benzene rings is 1. The highest BCUT2D eigenvalue weighted by molar-refractivity contribution is 9.10. The summed E-state index contributed by atoms with van der Waals surface area (Å²) in [5.74, 6) is -0.0697. The van der Waals surface area contributed by atoms with E-state index in [1.807, 2.05) is 6.92 Å². The Morgan fingerprint density at radius 1 is 1.53 bits per heavy atom. The van der Waals surface area contributed by atoms with Crippen molar-refractivity contribution in [2.45, 2.75) is 6.92 Å². The fraction of sp³-hybridized carbons (Fsp3) is 0.300. The Kier molecular flexibility index (Phi) is 3.96. The molecule has 0 radical (unpaired) electrons. The van der Waals surface area contributed by atoms with Gasteiger partial charge in [0.15, 0.2) is 0 Å². The van der Waals surface area contributed by atoms with Gasteiger partial charge < -0.3 is 15.2 Å². The van der Waals surface area contributed by atoms with E-state index in [-0.39, 0.29) is 5.56 Å². The lowest BCUT2D eigenvalue weighted by Crippen LogP contribution is -2.09. The summed E-state index contributed by atoms with van der Waals surface area (Å²) in [5, 5.41) is 0. The Hall–Kier alpha value is -1.23. The fourth-order valence-electron chi connectivity index (χ4n) is 1.19. The minimum atomic E-state index is -0.497. The van der Waals surface area contributed by atoms with E-state index in [9.17, 15) is 4.79 Å². The van der Waals surface area contributed by atoms with Crippen LogP contribution in [-0.4, -0.2) is 19.7 Å². The van der Waals surface area contributed by atoms with Crippen molar-refractivity contribution >= 4 is 27.6 Å². The Morgan fingerprint density at radius 3 is 2.73 bits per heavy atom. The molecule has 82 valence electrons. The monoisotopic (exact) mass is 273 g/mol. The minimum absolute atomic E-state index is 0.266. The number of methoxy groups -OCH3 is 1. The maximum absolute atomic E-state index is 11.4. The van der Waals surface area contributed by atoms with Crippen LogP contribution >= 0.6 is 15.9 Å². The number of esters is 1. The molecule has 0 unspecified atom stereocenters. The minimum Gasteiger partial charge on any atom is -0.493 e. The van der Waals surface area contributed by atoms with Crippen LogP contribution in [0.3, 0.4) is 0 Å². The summed E-state index contributed by atoms with van der Waals surface area (Å²) in [6.07, 6.45) is 0. The summed E-state index contributed by atoms with van der Waals surface area (Å²) in [6.45, 7) is 2.29. The predicted molar refractivity (Wildman–Crippen MR) is 61.1 cm³/mol. The zero-order valence-electron chi connectivity index (χ0n) is 8.54. The van der Waals surface area contributed by atoms with Gasteiger partial charge in [-0.05, 0) is 19.1 Å². The van der Waals surface area contributed by atoms with Crippen molar-refractivity contribution in [3.05, 3.63) is 22.2 Å². The van der Waals surface area contributed by atoms with Gasteiger partial charge >= 0.3 is 5.97 Å². The first-order valence-corrected chi connectivity index (χ1v) is 5.19. The molecule has 0 atom stereocenters. The van der Waals surface area contributed by atoms with Crippen molar-refractivity contribution in [1.29, 1.82) is 0 Å². The molecule has 0 amide bonds. The molecule has 1 aromatic carbocycles. The highest BCUT2D eigenvalue weighted by Gasteiger charge is 2.17. The maximum Gasteiger partial charge on any atom is 0.343 e. The van der Waals surface area contributed by atoms with Gasteiger partial charge in [0, 0.05) is 4.47 Å². The number of carbonyl (C=O) groups is 1. The quantitative estimate of drug-likeness (QED) is 0.678. The third-order valence-corrected chi connectivity index (χ3v) is 2.24. The molecule has 5 heteroatoms. The van der Waals surface area contributed by atoms with Gasteiger partial charge in [0.2, 0.25) is 0 Å². The lowest BCUT2D eigenvalue weighted by molar-refractivity contribution is 0.0597. The second-order valence-corrected chi connectivity index (χ2v) is 3.71. The highest BCUT2D eigenvalue weighted by atomic mass is 79.9. The molecular weight excluding hydrogens is 262 g/mol. The first-order valence-electron chi connectivity index (χ1n) is 4.40. The van der Waals surface area contributed by atoms with Crippen LogP contribution < -0.4 is 10.5 Å². The van der Waals surface area contributed by atoms with E-state index in [0.29, 0.717) is 18.0 Å². The van der Waals surface area contributed by atoms with Gasteiger partial charge in [-0.25, -0.2) is 4.79 Å². The van der Waals surface area contributed by atoms with E-state index in [0.717, 1.165) is 4.47 Å². The number of halogens is 1. The number of ether oxygens (including phenoxy) is 2. The summed E-state index contributed by atoms with van der Waals surface area (Å²) in [7, 11) is 1.31. The molecule has 1 aromatic rings. The highest BCUT2D eigenvalue weighted by Crippen LogP contribution is 2.30. The molecule has 0 saturated heterocycles. The molecule has 0 bridgehead atoms. The molecule has 0 saturated carbocycles. The smallest absolute Gasteiger partial charge is 0.343 e. The molecule has 0 aliphatic carbocycles. The van der Waals surface area contributed by atoms with E-state index in [1.165, 1.54) is 7.11 Å². The number of carbonyl (C=O) groups excluding carboxylic acids is 1. The number of anilines is 1. The van der Waals surface area contributed by atoms with Crippen LogP contribution in [0.1, 0.15) is 17.3 Å². The summed E-state index contributed by atoms with van der Waals surface area (Å²) < 4.78 is 10.7. The van der Waals surface area contributed by atoms with Crippen LogP contribution in [0.25, 0.3) is 0 Å². The van der Waals surface area contributed by atoms with Crippen LogP contribution in [-0.2, 0) is 4.74 Å². The van der Waals surface area contributed by atoms with Crippen molar-refractivity contribution in [1.82, 2.24) is 0 Å². The van der Waals surface area contributed by atoms with Crippen molar-refractivity contribution in [2.75, 3.05) is 19.5 Å². The molecule has 0 aliphatic rings. The number of hydrogen-bond acceptors (Lipinski definition) is 4. The molecule has 15 heavy (non-hydrogen) atoms. The van der Waals surface area contributed by atoms with Gasteiger partial charge in [-0.3, -0.25) is 0 Å². The maximum atomic E-state index is 11.4.